The average Bonchev–Trinajstić information content (AvgIpc) is 3.12. The van der Waals surface area contributed by atoms with Gasteiger partial charge in [-0.3, -0.25) is 9.00 Å². The molecule has 3 aliphatic heterocycles. The fourth-order valence-electron chi connectivity index (χ4n) is 6.15. The first-order valence-electron chi connectivity index (χ1n) is 16.3. The lowest BCUT2D eigenvalue weighted by Crippen LogP contribution is -2.66. The maximum Gasteiger partial charge on any atom is 0.221 e. The minimum absolute atomic E-state index is 0.00820. The number of fused-ring (bicyclic) bond motifs is 1. The zero-order chi connectivity index (χ0) is 37.1. The Morgan fingerprint density at radius 3 is 2.37 bits per heavy atom. The van der Waals surface area contributed by atoms with Gasteiger partial charge in [0.15, 0.2) is 18.9 Å². The molecule has 3 fully saturated rings. The van der Waals surface area contributed by atoms with E-state index in [1.165, 1.54) is 13.0 Å². The van der Waals surface area contributed by atoms with Crippen LogP contribution in [0.2, 0.25) is 15.1 Å². The summed E-state index contributed by atoms with van der Waals surface area (Å²) in [6.45, 7) is 1.19. The normalized spacial score (nSPS) is 32.5. The number of halogens is 3. The molecule has 3 heterocycles. The van der Waals surface area contributed by atoms with E-state index in [0.717, 1.165) is 0 Å². The van der Waals surface area contributed by atoms with Gasteiger partial charge in [0, 0.05) is 33.3 Å². The Morgan fingerprint density at radius 2 is 1.63 bits per heavy atom. The molecule has 0 saturated carbocycles. The van der Waals surface area contributed by atoms with E-state index in [2.05, 4.69) is 5.32 Å². The van der Waals surface area contributed by atoms with Gasteiger partial charge in [-0.25, -0.2) is 0 Å². The maximum absolute atomic E-state index is 13.5. The highest BCUT2D eigenvalue weighted by Gasteiger charge is 2.53. The lowest BCUT2D eigenvalue weighted by molar-refractivity contribution is -0.384. The molecule has 2 unspecified atom stereocenters. The summed E-state index contributed by atoms with van der Waals surface area (Å²) in [5, 5.41) is 48.5. The molecule has 3 saturated heterocycles. The van der Waals surface area contributed by atoms with Crippen molar-refractivity contribution < 1.29 is 57.9 Å². The molecule has 12 atom stereocenters. The first kappa shape index (κ1) is 39.4. The zero-order valence-electron chi connectivity index (χ0n) is 27.6. The van der Waals surface area contributed by atoms with Crippen LogP contribution in [0.1, 0.15) is 29.9 Å². The predicted octanol–water partition coefficient (Wildman–Crippen LogP) is 3.46. The van der Waals surface area contributed by atoms with Gasteiger partial charge in [0.05, 0.1) is 35.4 Å². The second kappa shape index (κ2) is 17.5. The third kappa shape index (κ3) is 9.33. The highest BCUT2D eigenvalue weighted by Crippen LogP contribution is 2.36. The van der Waals surface area contributed by atoms with Gasteiger partial charge >= 0.3 is 0 Å². The summed E-state index contributed by atoms with van der Waals surface area (Å²) in [6, 6.07) is 18.7. The number of hydrogen-bond acceptors (Lipinski definition) is 12. The van der Waals surface area contributed by atoms with E-state index >= 15 is 0 Å². The number of aliphatic hydroxyl groups excluding tert-OH is 4. The summed E-state index contributed by atoms with van der Waals surface area (Å²) >= 11 is 18.5. The number of nitrogens with one attached hydrogen (secondary N) is 1. The van der Waals surface area contributed by atoms with Gasteiger partial charge in [0.1, 0.15) is 48.8 Å². The number of carbonyl (C=O) groups is 1. The van der Waals surface area contributed by atoms with Crippen LogP contribution in [0.15, 0.2) is 66.7 Å². The van der Waals surface area contributed by atoms with Gasteiger partial charge in [-0.15, -0.1) is 0 Å². The smallest absolute Gasteiger partial charge is 0.221 e. The number of aliphatic hydroxyl groups is 4. The summed E-state index contributed by atoms with van der Waals surface area (Å²) in [7, 11) is -1.68. The van der Waals surface area contributed by atoms with Gasteiger partial charge in [-0.1, -0.05) is 77.3 Å². The summed E-state index contributed by atoms with van der Waals surface area (Å²) in [4.78, 5) is 11.6. The number of hydrogen-bond donors (Lipinski definition) is 5. The Labute approximate surface area is 317 Å². The molecular formula is C35H38Cl3NO12S. The van der Waals surface area contributed by atoms with Crippen LogP contribution in [0.25, 0.3) is 0 Å². The Bertz CT molecular complexity index is 1720. The van der Waals surface area contributed by atoms with E-state index in [4.69, 9.17) is 63.2 Å². The molecule has 282 valence electrons. The molecule has 0 spiro atoms. The molecule has 6 rings (SSSR count). The lowest BCUT2D eigenvalue weighted by atomic mass is 9.96. The largest absolute Gasteiger partial charge is 0.387 e. The third-order valence-corrected chi connectivity index (χ3v) is 11.0. The molecule has 3 aliphatic rings. The minimum Gasteiger partial charge on any atom is -0.387 e. The van der Waals surface area contributed by atoms with Crippen molar-refractivity contribution in [1.29, 1.82) is 0 Å². The van der Waals surface area contributed by atoms with Crippen LogP contribution in [-0.4, -0.2) is 104 Å². The van der Waals surface area contributed by atoms with Gasteiger partial charge < -0.3 is 54.2 Å². The topological polar surface area (TPSA) is 182 Å². The Balaban J connectivity index is 1.18. The second-order valence-corrected chi connectivity index (χ2v) is 15.4. The standard InChI is InChI=1S/C35H38Cl3NO12S/c1-17(40)39-24-11-18(7-10-22(24)37)13-46-34-29(43)27(41)32(26(49-34)16-52(45)15-20-8-9-21(36)12-23(20)38)51-35-30(44)28(42)31-25(48-35)14-47-33(50-31)19-5-3-2-4-6-19/h2-12,25-35,41-44H,13-16H2,1H3,(H,39,40)/t25-,26-,27-,28-,29-,30-,31-,32-,33?,34-,35-,52?/m1/s1. The lowest BCUT2D eigenvalue weighted by Gasteiger charge is -2.48. The predicted molar refractivity (Wildman–Crippen MR) is 190 cm³/mol. The van der Waals surface area contributed by atoms with E-state index in [1.54, 1.807) is 42.5 Å². The van der Waals surface area contributed by atoms with E-state index in [0.29, 0.717) is 37.4 Å². The van der Waals surface area contributed by atoms with Crippen molar-refractivity contribution in [3.63, 3.8) is 0 Å². The van der Waals surface area contributed by atoms with Crippen molar-refractivity contribution in [3.05, 3.63) is 98.5 Å². The molecule has 0 radical (unpaired) electrons. The van der Waals surface area contributed by atoms with E-state index < -0.39 is 78.5 Å². The second-order valence-electron chi connectivity index (χ2n) is 12.6. The molecule has 13 nitrogen and oxygen atoms in total. The summed E-state index contributed by atoms with van der Waals surface area (Å²) in [5.74, 6) is -0.569. The molecule has 3 aromatic carbocycles. The fourth-order valence-corrected chi connectivity index (χ4v) is 8.22. The number of benzene rings is 3. The molecule has 1 amide bonds. The monoisotopic (exact) mass is 801 g/mol. The highest BCUT2D eigenvalue weighted by molar-refractivity contribution is 7.84. The molecule has 3 aromatic rings. The van der Waals surface area contributed by atoms with Crippen molar-refractivity contribution in [2.45, 2.75) is 87.0 Å². The molecule has 0 aliphatic carbocycles. The number of carbonyl (C=O) groups excluding carboxylic acids is 1. The van der Waals surface area contributed by atoms with Gasteiger partial charge in [-0.2, -0.15) is 0 Å². The highest BCUT2D eigenvalue weighted by atomic mass is 35.5. The van der Waals surface area contributed by atoms with Gasteiger partial charge in [-0.05, 0) is 35.4 Å². The van der Waals surface area contributed by atoms with Crippen molar-refractivity contribution in [2.24, 2.45) is 0 Å². The van der Waals surface area contributed by atoms with E-state index in [1.807, 2.05) is 18.2 Å². The Hall–Kier alpha value is -2.25. The molecule has 0 aromatic heterocycles. The quantitative estimate of drug-likeness (QED) is 0.191. The Kier molecular flexibility index (Phi) is 13.3. The van der Waals surface area contributed by atoms with Crippen LogP contribution in [0.5, 0.6) is 0 Å². The van der Waals surface area contributed by atoms with Crippen LogP contribution in [0.4, 0.5) is 5.69 Å². The summed E-state index contributed by atoms with van der Waals surface area (Å²) in [6.07, 6.45) is -14.8. The average molecular weight is 803 g/mol. The number of rotatable bonds is 11. The fraction of sp³-hybridized carbons (Fsp3) is 0.457. The van der Waals surface area contributed by atoms with Crippen LogP contribution < -0.4 is 5.32 Å². The van der Waals surface area contributed by atoms with E-state index in [9.17, 15) is 29.4 Å². The summed E-state index contributed by atoms with van der Waals surface area (Å²) in [5.41, 5.74) is 2.18. The molecule has 0 bridgehead atoms. The molecule has 17 heteroatoms. The number of anilines is 1. The van der Waals surface area contributed by atoms with Crippen LogP contribution in [-0.2, 0) is 56.4 Å². The number of amides is 1. The summed E-state index contributed by atoms with van der Waals surface area (Å²) < 4.78 is 49.4. The first-order valence-corrected chi connectivity index (χ1v) is 19.0. The van der Waals surface area contributed by atoms with E-state index in [-0.39, 0.29) is 30.6 Å². The van der Waals surface area contributed by atoms with Crippen molar-refractivity contribution in [3.8, 4) is 0 Å². The van der Waals surface area contributed by atoms with Gasteiger partial charge in [0.2, 0.25) is 5.91 Å². The minimum atomic E-state index is -1.70. The van der Waals surface area contributed by atoms with Crippen LogP contribution >= 0.6 is 34.8 Å². The van der Waals surface area contributed by atoms with Crippen LogP contribution in [0, 0.1) is 0 Å². The van der Waals surface area contributed by atoms with Crippen LogP contribution in [0.3, 0.4) is 0 Å². The van der Waals surface area contributed by atoms with Crippen molar-refractivity contribution in [2.75, 3.05) is 17.7 Å². The van der Waals surface area contributed by atoms with Crippen molar-refractivity contribution >= 4 is 57.2 Å². The van der Waals surface area contributed by atoms with Crippen molar-refractivity contribution in [1.82, 2.24) is 0 Å². The Morgan fingerprint density at radius 1 is 0.885 bits per heavy atom. The molecule has 52 heavy (non-hydrogen) atoms. The SMILES string of the molecule is CC(=O)Nc1cc(CO[C@@H]2O[C@H](CS(=O)Cc3ccc(Cl)cc3Cl)[C@@H](O[C@H]3O[C@@H]4COC(c5ccccc5)O[C@H]4[C@H](O)[C@H]3O)[C@H](O)[C@H]2O)ccc1Cl. The zero-order valence-corrected chi connectivity index (χ0v) is 30.7. The third-order valence-electron chi connectivity index (χ3n) is 8.77. The van der Waals surface area contributed by atoms with Gasteiger partial charge in [0.25, 0.3) is 0 Å². The number of ether oxygens (including phenoxy) is 6. The molecule has 5 N–H and O–H groups in total. The molecular weight excluding hydrogens is 765 g/mol. The first-order chi connectivity index (χ1) is 24.9. The maximum atomic E-state index is 13.5.